The number of benzene rings is 1. The lowest BCUT2D eigenvalue weighted by atomic mass is 9.99. The summed E-state index contributed by atoms with van der Waals surface area (Å²) >= 11 is 0. The first-order valence-electron chi connectivity index (χ1n) is 18.2. The zero-order valence-electron chi connectivity index (χ0n) is 32.0. The van der Waals surface area contributed by atoms with Crippen LogP contribution in [0.5, 0.6) is 5.75 Å². The number of carbonyl (C=O) groups excluding carboxylic acids is 7. The maximum Gasteiger partial charge on any atom is 0.303 e. The van der Waals surface area contributed by atoms with E-state index in [0.29, 0.717) is 5.56 Å². The van der Waals surface area contributed by atoms with E-state index in [9.17, 15) is 53.7 Å². The van der Waals surface area contributed by atoms with Gasteiger partial charge in [0.2, 0.25) is 41.4 Å². The average molecular weight is 777 g/mol. The molecule has 0 unspecified atom stereocenters. The molecule has 1 fully saturated rings. The molecule has 7 amide bonds. The number of aliphatic hydroxyl groups is 1. The number of aliphatic hydroxyl groups excluding tert-OH is 1. The van der Waals surface area contributed by atoms with Gasteiger partial charge in [-0.05, 0) is 62.6 Å². The van der Waals surface area contributed by atoms with Gasteiger partial charge < -0.3 is 58.3 Å². The van der Waals surface area contributed by atoms with Gasteiger partial charge in [-0.3, -0.25) is 38.4 Å². The smallest absolute Gasteiger partial charge is 0.303 e. The van der Waals surface area contributed by atoms with Gasteiger partial charge in [-0.15, -0.1) is 0 Å². The van der Waals surface area contributed by atoms with Crippen LogP contribution in [0.3, 0.4) is 0 Å². The Bertz CT molecular complexity index is 1550. The van der Waals surface area contributed by atoms with E-state index in [1.807, 2.05) is 0 Å². The van der Waals surface area contributed by atoms with Crippen LogP contribution in [0.15, 0.2) is 24.3 Å². The fourth-order valence-corrected chi connectivity index (χ4v) is 5.83. The summed E-state index contributed by atoms with van der Waals surface area (Å²) in [4.78, 5) is 105. The molecule has 55 heavy (non-hydrogen) atoms. The first-order valence-corrected chi connectivity index (χ1v) is 18.2. The van der Waals surface area contributed by atoms with Gasteiger partial charge in [-0.25, -0.2) is 0 Å². The van der Waals surface area contributed by atoms with E-state index < -0.39 is 114 Å². The Hall–Kier alpha value is -5.30. The lowest BCUT2D eigenvalue weighted by molar-refractivity contribution is -0.141. The number of nitrogens with one attached hydrogen (secondary N) is 5. The molecule has 12 N–H and O–H groups in total. The minimum atomic E-state index is -1.63. The van der Waals surface area contributed by atoms with E-state index in [4.69, 9.17) is 11.5 Å². The molecule has 1 heterocycles. The molecule has 1 aliphatic heterocycles. The van der Waals surface area contributed by atoms with Crippen LogP contribution < -0.4 is 38.1 Å². The molecule has 0 aromatic heterocycles. The predicted molar refractivity (Wildman–Crippen MR) is 197 cm³/mol. The molecule has 1 aromatic carbocycles. The Morgan fingerprint density at radius 3 is 1.84 bits per heavy atom. The van der Waals surface area contributed by atoms with Crippen LogP contribution in [0.4, 0.5) is 0 Å². The maximum absolute atomic E-state index is 13.8. The third-order valence-corrected chi connectivity index (χ3v) is 9.04. The molecule has 1 saturated heterocycles. The molecular weight excluding hydrogens is 720 g/mol. The van der Waals surface area contributed by atoms with Gasteiger partial charge >= 0.3 is 5.97 Å². The predicted octanol–water partition coefficient (Wildman–Crippen LogP) is -2.26. The molecule has 0 aliphatic carbocycles. The van der Waals surface area contributed by atoms with Crippen LogP contribution in [0.2, 0.25) is 0 Å². The van der Waals surface area contributed by atoms with Gasteiger partial charge in [0.05, 0.1) is 12.1 Å². The largest absolute Gasteiger partial charge is 0.508 e. The quantitative estimate of drug-likeness (QED) is 0.0633. The number of phenolic OH excluding ortho intramolecular Hbond substituents is 1. The highest BCUT2D eigenvalue weighted by Gasteiger charge is 2.40. The van der Waals surface area contributed by atoms with Crippen molar-refractivity contribution < 1.29 is 53.7 Å². The minimum absolute atomic E-state index is 0.0121. The SMILES string of the molecule is CC(C)C[C@@H](NC(=O)[C@@H](CCC(=O)O)NC(=O)[C@H](NC(=O)[C@H](NC(=O)[C@@H](Cc1ccc(O)cc1)N1CC[C@@H](N)C1=O)[C@H](C)O)C(C)C)C(=O)N[C@H](C)C(N)=O. The van der Waals surface area contributed by atoms with Crippen molar-refractivity contribution in [3.63, 3.8) is 0 Å². The van der Waals surface area contributed by atoms with Crippen molar-refractivity contribution in [3.05, 3.63) is 29.8 Å². The third-order valence-electron chi connectivity index (χ3n) is 9.04. The number of phenols is 1. The summed E-state index contributed by atoms with van der Waals surface area (Å²) < 4.78 is 0. The zero-order chi connectivity index (χ0) is 41.7. The molecule has 0 bridgehead atoms. The fraction of sp³-hybridized carbons (Fsp3) is 0.611. The summed E-state index contributed by atoms with van der Waals surface area (Å²) in [5.41, 5.74) is 11.7. The number of aromatic hydroxyl groups is 1. The second-order valence-corrected chi connectivity index (χ2v) is 14.6. The number of nitrogens with two attached hydrogens (primary N) is 2. The van der Waals surface area contributed by atoms with Crippen molar-refractivity contribution in [2.75, 3.05) is 6.54 Å². The van der Waals surface area contributed by atoms with Crippen molar-refractivity contribution in [2.24, 2.45) is 23.3 Å². The second-order valence-electron chi connectivity index (χ2n) is 14.6. The minimum Gasteiger partial charge on any atom is -0.508 e. The molecule has 19 nitrogen and oxygen atoms in total. The van der Waals surface area contributed by atoms with Crippen LogP contribution in [0, 0.1) is 11.8 Å². The molecular formula is C36H56N8O11. The Balaban J connectivity index is 2.30. The fourth-order valence-electron chi connectivity index (χ4n) is 5.83. The van der Waals surface area contributed by atoms with Gasteiger partial charge in [-0.2, -0.15) is 0 Å². The first-order chi connectivity index (χ1) is 25.6. The van der Waals surface area contributed by atoms with E-state index >= 15 is 0 Å². The number of likely N-dealkylation sites (tertiary alicyclic amines) is 1. The summed E-state index contributed by atoms with van der Waals surface area (Å²) in [6.45, 7) is 9.47. The number of hydrogen-bond acceptors (Lipinski definition) is 11. The van der Waals surface area contributed by atoms with Crippen LogP contribution in [-0.2, 0) is 44.8 Å². The Morgan fingerprint density at radius 2 is 1.35 bits per heavy atom. The number of primary amides is 1. The van der Waals surface area contributed by atoms with E-state index in [0.717, 1.165) is 0 Å². The lowest BCUT2D eigenvalue weighted by Gasteiger charge is -2.31. The number of nitrogens with zero attached hydrogens (tertiary/aromatic N) is 1. The van der Waals surface area contributed by atoms with E-state index in [-0.39, 0.29) is 37.5 Å². The highest BCUT2D eigenvalue weighted by atomic mass is 16.4. The van der Waals surface area contributed by atoms with Crippen LogP contribution in [0.1, 0.15) is 72.8 Å². The van der Waals surface area contributed by atoms with Gasteiger partial charge in [-0.1, -0.05) is 39.8 Å². The van der Waals surface area contributed by atoms with Gasteiger partial charge in [0.15, 0.2) is 0 Å². The van der Waals surface area contributed by atoms with Gasteiger partial charge in [0.1, 0.15) is 42.0 Å². The van der Waals surface area contributed by atoms with E-state index in [1.165, 1.54) is 30.9 Å². The van der Waals surface area contributed by atoms with Crippen LogP contribution in [-0.4, -0.2) is 122 Å². The lowest BCUT2D eigenvalue weighted by Crippen LogP contribution is -2.62. The number of amides is 7. The number of carboxylic acid groups (broad SMARTS) is 1. The highest BCUT2D eigenvalue weighted by molar-refractivity contribution is 5.97. The summed E-state index contributed by atoms with van der Waals surface area (Å²) in [5, 5.41) is 42.0. The molecule has 306 valence electrons. The van der Waals surface area contributed by atoms with Crippen molar-refractivity contribution in [1.29, 1.82) is 0 Å². The van der Waals surface area contributed by atoms with Gasteiger partial charge in [0.25, 0.3) is 0 Å². The molecule has 0 radical (unpaired) electrons. The zero-order valence-corrected chi connectivity index (χ0v) is 32.0. The number of hydrogen-bond donors (Lipinski definition) is 10. The highest BCUT2D eigenvalue weighted by Crippen LogP contribution is 2.19. The summed E-state index contributed by atoms with van der Waals surface area (Å²) in [7, 11) is 0. The Labute approximate surface area is 319 Å². The number of aliphatic carboxylic acids is 1. The molecule has 19 heteroatoms. The molecule has 0 saturated carbocycles. The third kappa shape index (κ3) is 14.1. The van der Waals surface area contributed by atoms with Crippen molar-refractivity contribution in [3.8, 4) is 5.75 Å². The first kappa shape index (κ1) is 45.9. The average Bonchev–Trinajstić information content (AvgIpc) is 3.42. The monoisotopic (exact) mass is 776 g/mol. The number of rotatable bonds is 21. The number of carbonyl (C=O) groups is 8. The standard InChI is InChI=1S/C36H56N8O11/c1-17(2)15-25(32(51)39-19(5)30(38)49)41-31(50)24(11-12-27(47)48)40-34(53)28(18(3)4)42-35(54)29(20(6)45)43-33(52)26(44-14-13-23(37)36(44)55)16-21-7-9-22(46)10-8-21/h7-10,17-20,23-26,28-29,45-46H,11-16,37H2,1-6H3,(H2,38,49)(H,39,51)(H,40,53)(H,41,50)(H,42,54)(H,43,52)(H,47,48)/t19-,20+,23-,24-,25-,26-,28-,29-/m1/s1. The molecule has 2 rings (SSSR count). The molecule has 1 aromatic rings. The van der Waals surface area contributed by atoms with Crippen molar-refractivity contribution in [1.82, 2.24) is 31.5 Å². The Kier molecular flexibility index (Phi) is 17.5. The van der Waals surface area contributed by atoms with Crippen LogP contribution in [0.25, 0.3) is 0 Å². The number of carboxylic acids is 1. The second kappa shape index (κ2) is 21.0. The van der Waals surface area contributed by atoms with Crippen LogP contribution >= 0.6 is 0 Å². The Morgan fingerprint density at radius 1 is 0.800 bits per heavy atom. The maximum atomic E-state index is 13.8. The molecule has 1 aliphatic rings. The van der Waals surface area contributed by atoms with E-state index in [1.54, 1.807) is 39.8 Å². The van der Waals surface area contributed by atoms with Crippen molar-refractivity contribution in [2.45, 2.75) is 122 Å². The molecule has 0 spiro atoms. The summed E-state index contributed by atoms with van der Waals surface area (Å²) in [6, 6.07) is -2.76. The summed E-state index contributed by atoms with van der Waals surface area (Å²) in [6.07, 6.45) is -2.06. The van der Waals surface area contributed by atoms with E-state index in [2.05, 4.69) is 26.6 Å². The normalized spacial score (nSPS) is 18.0. The molecule has 8 atom stereocenters. The summed E-state index contributed by atoms with van der Waals surface area (Å²) in [5.74, 6) is -7.64. The van der Waals surface area contributed by atoms with Crippen molar-refractivity contribution >= 4 is 47.3 Å². The van der Waals surface area contributed by atoms with Gasteiger partial charge in [0, 0.05) is 19.4 Å². The topological polar surface area (TPSA) is 313 Å².